The van der Waals surface area contributed by atoms with Crippen LogP contribution in [0.2, 0.25) is 0 Å². The number of piperidine rings is 1. The quantitative estimate of drug-likeness (QED) is 0.836. The van der Waals surface area contributed by atoms with Crippen molar-refractivity contribution in [3.8, 4) is 5.75 Å². The molecule has 2 bridgehead atoms. The summed E-state index contributed by atoms with van der Waals surface area (Å²) in [7, 11) is 2.28. The number of phenolic OH excluding ortho intramolecular Hbond substituents is 1. The molecule has 1 N–H and O–H groups in total. The highest BCUT2D eigenvalue weighted by atomic mass is 16.3. The first kappa shape index (κ1) is 13.0. The van der Waals surface area contributed by atoms with Crippen LogP contribution in [0.1, 0.15) is 44.7 Å². The lowest BCUT2D eigenvalue weighted by Crippen LogP contribution is -2.65. The van der Waals surface area contributed by atoms with Gasteiger partial charge in [-0.1, -0.05) is 26.8 Å². The van der Waals surface area contributed by atoms with Gasteiger partial charge in [0.05, 0.1) is 0 Å². The number of likely N-dealkylation sites (N-methyl/N-ethyl adjacent to an activating group) is 1. The first-order valence-electron chi connectivity index (χ1n) is 7.47. The molecule has 0 spiro atoms. The van der Waals surface area contributed by atoms with Crippen molar-refractivity contribution in [1.29, 1.82) is 0 Å². The molecule has 1 aliphatic heterocycles. The van der Waals surface area contributed by atoms with E-state index in [-0.39, 0.29) is 11.0 Å². The summed E-state index contributed by atoms with van der Waals surface area (Å²) in [6, 6.07) is 5.99. The van der Waals surface area contributed by atoms with Crippen molar-refractivity contribution in [3.05, 3.63) is 29.3 Å². The Morgan fingerprint density at radius 2 is 2.16 bits per heavy atom. The van der Waals surface area contributed by atoms with E-state index in [9.17, 15) is 5.11 Å². The van der Waals surface area contributed by atoms with Gasteiger partial charge in [0.15, 0.2) is 0 Å². The highest BCUT2D eigenvalue weighted by Crippen LogP contribution is 2.54. The average Bonchev–Trinajstić information content (AvgIpc) is 2.40. The van der Waals surface area contributed by atoms with Gasteiger partial charge in [-0.2, -0.15) is 0 Å². The summed E-state index contributed by atoms with van der Waals surface area (Å²) in [6.07, 6.45) is 3.50. The normalized spacial score (nSPS) is 38.0. The van der Waals surface area contributed by atoms with Gasteiger partial charge < -0.3 is 10.0 Å². The second kappa shape index (κ2) is 3.99. The second-order valence-corrected chi connectivity index (χ2v) is 6.79. The van der Waals surface area contributed by atoms with Crippen molar-refractivity contribution in [3.63, 3.8) is 0 Å². The zero-order valence-corrected chi connectivity index (χ0v) is 12.5. The smallest absolute Gasteiger partial charge is 0.115 e. The average molecular weight is 259 g/mol. The van der Waals surface area contributed by atoms with Gasteiger partial charge >= 0.3 is 0 Å². The standard InChI is InChI=1S/C17H25NO/c1-5-17-11-13-6-7-14(19)10-15(13)16(3,12(17)2)8-9-18(17)4/h6-7,10,12,19H,5,8-9,11H2,1-4H3/t12-,16-,17+/m1/s1. The van der Waals surface area contributed by atoms with E-state index in [4.69, 9.17) is 0 Å². The molecule has 3 atom stereocenters. The third kappa shape index (κ3) is 1.53. The number of benzene rings is 1. The van der Waals surface area contributed by atoms with E-state index < -0.39 is 0 Å². The van der Waals surface area contributed by atoms with Crippen molar-refractivity contribution in [2.45, 2.75) is 51.0 Å². The molecule has 104 valence electrons. The molecule has 19 heavy (non-hydrogen) atoms. The Labute approximate surface area is 116 Å². The summed E-state index contributed by atoms with van der Waals surface area (Å²) in [5.74, 6) is 1.04. The molecule has 2 nitrogen and oxygen atoms in total. The summed E-state index contributed by atoms with van der Waals surface area (Å²) < 4.78 is 0. The molecule has 0 radical (unpaired) electrons. The van der Waals surface area contributed by atoms with Crippen molar-refractivity contribution in [2.24, 2.45) is 5.92 Å². The van der Waals surface area contributed by atoms with E-state index >= 15 is 0 Å². The number of rotatable bonds is 1. The third-order valence-corrected chi connectivity index (χ3v) is 6.31. The molecule has 1 fully saturated rings. The summed E-state index contributed by atoms with van der Waals surface area (Å²) >= 11 is 0. The molecule has 0 amide bonds. The third-order valence-electron chi connectivity index (χ3n) is 6.31. The van der Waals surface area contributed by atoms with Crippen LogP contribution in [0, 0.1) is 5.92 Å². The SMILES string of the molecule is CC[C@@]12Cc3ccc(O)cc3[C@](C)(CCN1C)[C@H]2C. The van der Waals surface area contributed by atoms with E-state index in [1.54, 1.807) is 0 Å². The molecule has 0 unspecified atom stereocenters. The molecule has 0 aromatic heterocycles. The van der Waals surface area contributed by atoms with Gasteiger partial charge in [0.2, 0.25) is 0 Å². The van der Waals surface area contributed by atoms with Crippen molar-refractivity contribution in [1.82, 2.24) is 4.90 Å². The Hall–Kier alpha value is -1.02. The fourth-order valence-electron chi connectivity index (χ4n) is 4.70. The molecule has 2 aliphatic rings. The molecule has 0 saturated carbocycles. The molecule has 1 saturated heterocycles. The molecule has 1 aliphatic carbocycles. The van der Waals surface area contributed by atoms with E-state index in [1.807, 2.05) is 12.1 Å². The summed E-state index contributed by atoms with van der Waals surface area (Å²) in [6.45, 7) is 8.28. The minimum Gasteiger partial charge on any atom is -0.508 e. The lowest BCUT2D eigenvalue weighted by molar-refractivity contribution is -0.0394. The van der Waals surface area contributed by atoms with Crippen molar-refractivity contribution >= 4 is 0 Å². The van der Waals surface area contributed by atoms with Crippen LogP contribution in [0.4, 0.5) is 0 Å². The van der Waals surface area contributed by atoms with Crippen molar-refractivity contribution in [2.75, 3.05) is 13.6 Å². The van der Waals surface area contributed by atoms with Gasteiger partial charge in [0.1, 0.15) is 5.75 Å². The van der Waals surface area contributed by atoms with E-state index in [2.05, 4.69) is 38.8 Å². The Balaban J connectivity index is 2.22. The number of likely N-dealkylation sites (tertiary alicyclic amines) is 1. The molecule has 1 aromatic carbocycles. The highest BCUT2D eigenvalue weighted by molar-refractivity contribution is 5.45. The molecule has 1 heterocycles. The van der Waals surface area contributed by atoms with Gasteiger partial charge in [-0.25, -0.2) is 0 Å². The van der Waals surface area contributed by atoms with Gasteiger partial charge in [0, 0.05) is 5.54 Å². The maximum atomic E-state index is 9.85. The minimum atomic E-state index is 0.203. The van der Waals surface area contributed by atoms with Crippen LogP contribution in [0.15, 0.2) is 18.2 Å². The van der Waals surface area contributed by atoms with Crippen LogP contribution < -0.4 is 0 Å². The number of aromatic hydroxyl groups is 1. The Morgan fingerprint density at radius 3 is 2.84 bits per heavy atom. The number of hydrogen-bond acceptors (Lipinski definition) is 2. The molecule has 1 aromatic rings. The Morgan fingerprint density at radius 1 is 1.42 bits per heavy atom. The first-order valence-corrected chi connectivity index (χ1v) is 7.47. The summed E-state index contributed by atoms with van der Waals surface area (Å²) in [5, 5.41) is 9.85. The van der Waals surface area contributed by atoms with Crippen LogP contribution in [-0.4, -0.2) is 29.1 Å². The number of fused-ring (bicyclic) bond motifs is 4. The largest absolute Gasteiger partial charge is 0.508 e. The lowest BCUT2D eigenvalue weighted by atomic mass is 9.53. The summed E-state index contributed by atoms with van der Waals surface area (Å²) in [4.78, 5) is 2.58. The minimum absolute atomic E-state index is 0.203. The highest BCUT2D eigenvalue weighted by Gasteiger charge is 2.55. The van der Waals surface area contributed by atoms with Crippen LogP contribution in [-0.2, 0) is 11.8 Å². The van der Waals surface area contributed by atoms with Crippen molar-refractivity contribution < 1.29 is 5.11 Å². The Kier molecular flexibility index (Phi) is 2.72. The van der Waals surface area contributed by atoms with E-state index in [0.29, 0.717) is 11.7 Å². The van der Waals surface area contributed by atoms with Crippen LogP contribution in [0.25, 0.3) is 0 Å². The molecular weight excluding hydrogens is 234 g/mol. The number of phenols is 1. The fourth-order valence-corrected chi connectivity index (χ4v) is 4.70. The van der Waals surface area contributed by atoms with Crippen LogP contribution in [0.3, 0.4) is 0 Å². The van der Waals surface area contributed by atoms with Gasteiger partial charge in [-0.3, -0.25) is 0 Å². The molecular formula is C17H25NO. The molecule has 2 heteroatoms. The maximum absolute atomic E-state index is 9.85. The zero-order chi connectivity index (χ0) is 13.8. The number of hydrogen-bond donors (Lipinski definition) is 1. The monoisotopic (exact) mass is 259 g/mol. The first-order chi connectivity index (χ1) is 8.94. The fraction of sp³-hybridized carbons (Fsp3) is 0.647. The zero-order valence-electron chi connectivity index (χ0n) is 12.5. The van der Waals surface area contributed by atoms with Gasteiger partial charge in [-0.05, 0) is 67.4 Å². The second-order valence-electron chi connectivity index (χ2n) is 6.79. The van der Waals surface area contributed by atoms with Crippen LogP contribution in [0.5, 0.6) is 5.75 Å². The van der Waals surface area contributed by atoms with Gasteiger partial charge in [-0.15, -0.1) is 0 Å². The van der Waals surface area contributed by atoms with Gasteiger partial charge in [0.25, 0.3) is 0 Å². The Bertz CT molecular complexity index is 512. The predicted octanol–water partition coefficient (Wildman–Crippen LogP) is 3.33. The molecule has 3 rings (SSSR count). The predicted molar refractivity (Wildman–Crippen MR) is 78.6 cm³/mol. The topological polar surface area (TPSA) is 23.5 Å². The number of nitrogens with zero attached hydrogens (tertiary/aromatic N) is 1. The summed E-state index contributed by atoms with van der Waals surface area (Å²) in [5.41, 5.74) is 3.32. The van der Waals surface area contributed by atoms with E-state index in [1.165, 1.54) is 24.0 Å². The maximum Gasteiger partial charge on any atom is 0.115 e. The van der Waals surface area contributed by atoms with E-state index in [0.717, 1.165) is 13.0 Å². The lowest BCUT2D eigenvalue weighted by Gasteiger charge is -2.61. The van der Waals surface area contributed by atoms with Crippen LogP contribution >= 0.6 is 0 Å².